The Kier molecular flexibility index (Phi) is 5.27. The molecule has 0 spiro atoms. The highest BCUT2D eigenvalue weighted by Gasteiger charge is 2.22. The number of aryl methyl sites for hydroxylation is 2. The van der Waals surface area contributed by atoms with Crippen molar-refractivity contribution in [2.24, 2.45) is 0 Å². The first kappa shape index (κ1) is 17.6. The zero-order valence-corrected chi connectivity index (χ0v) is 16.0. The van der Waals surface area contributed by atoms with Gasteiger partial charge in [0, 0.05) is 44.1 Å². The van der Waals surface area contributed by atoms with Crippen molar-refractivity contribution in [1.29, 1.82) is 0 Å². The van der Waals surface area contributed by atoms with Crippen molar-refractivity contribution in [3.63, 3.8) is 0 Å². The van der Waals surface area contributed by atoms with Gasteiger partial charge in [0.1, 0.15) is 0 Å². The Balaban J connectivity index is 1.30. The van der Waals surface area contributed by atoms with Gasteiger partial charge in [-0.1, -0.05) is 12.1 Å². The van der Waals surface area contributed by atoms with Crippen molar-refractivity contribution in [1.82, 2.24) is 14.7 Å². The highest BCUT2D eigenvalue weighted by molar-refractivity contribution is 5.47. The Labute approximate surface area is 156 Å². The van der Waals surface area contributed by atoms with Crippen LogP contribution >= 0.6 is 0 Å². The molecule has 140 valence electrons. The van der Waals surface area contributed by atoms with Crippen LogP contribution in [-0.2, 0) is 11.3 Å². The predicted molar refractivity (Wildman–Crippen MR) is 105 cm³/mol. The molecule has 0 amide bonds. The molecule has 2 aliphatic rings. The van der Waals surface area contributed by atoms with E-state index in [1.807, 2.05) is 0 Å². The third-order valence-electron chi connectivity index (χ3n) is 5.67. The monoisotopic (exact) mass is 354 g/mol. The van der Waals surface area contributed by atoms with Crippen LogP contribution in [-0.4, -0.2) is 54.1 Å². The lowest BCUT2D eigenvalue weighted by atomic mass is 10.0. The standard InChI is InChI=1S/C21H30N4O/c1-17-15-18(2)25(22-17)21-7-9-23(10-8-21)16-19-3-5-20(6-4-19)24-11-13-26-14-12-24/h3-6,15,21H,7-14,16H2,1-2H3. The molecule has 1 aromatic carbocycles. The highest BCUT2D eigenvalue weighted by Crippen LogP contribution is 2.25. The summed E-state index contributed by atoms with van der Waals surface area (Å²) >= 11 is 0. The van der Waals surface area contributed by atoms with E-state index < -0.39 is 0 Å². The van der Waals surface area contributed by atoms with Gasteiger partial charge in [0.25, 0.3) is 0 Å². The molecule has 0 atom stereocenters. The Hall–Kier alpha value is -1.85. The van der Waals surface area contributed by atoms with Crippen molar-refractivity contribution in [3.8, 4) is 0 Å². The summed E-state index contributed by atoms with van der Waals surface area (Å²) < 4.78 is 7.68. The number of rotatable bonds is 4. The number of anilines is 1. The quantitative estimate of drug-likeness (QED) is 0.844. The molecule has 0 aliphatic carbocycles. The van der Waals surface area contributed by atoms with Gasteiger partial charge in [-0.2, -0.15) is 5.10 Å². The fourth-order valence-electron chi connectivity index (χ4n) is 4.23. The van der Waals surface area contributed by atoms with Gasteiger partial charge in [-0.3, -0.25) is 9.58 Å². The first-order valence-electron chi connectivity index (χ1n) is 9.86. The maximum absolute atomic E-state index is 5.44. The van der Waals surface area contributed by atoms with E-state index in [-0.39, 0.29) is 0 Å². The summed E-state index contributed by atoms with van der Waals surface area (Å²) in [6.45, 7) is 11.3. The van der Waals surface area contributed by atoms with Gasteiger partial charge in [0.2, 0.25) is 0 Å². The smallest absolute Gasteiger partial charge is 0.0642 e. The molecule has 3 heterocycles. The third kappa shape index (κ3) is 3.94. The first-order chi connectivity index (χ1) is 12.7. The van der Waals surface area contributed by atoms with Gasteiger partial charge in [0.05, 0.1) is 24.9 Å². The highest BCUT2D eigenvalue weighted by atomic mass is 16.5. The predicted octanol–water partition coefficient (Wildman–Crippen LogP) is 3.17. The molecular formula is C21H30N4O. The lowest BCUT2D eigenvalue weighted by molar-refractivity contribution is 0.122. The molecule has 0 N–H and O–H groups in total. The van der Waals surface area contributed by atoms with Crippen molar-refractivity contribution in [2.75, 3.05) is 44.3 Å². The average Bonchev–Trinajstić information content (AvgIpc) is 3.02. The van der Waals surface area contributed by atoms with Crippen molar-refractivity contribution in [3.05, 3.63) is 47.3 Å². The van der Waals surface area contributed by atoms with E-state index in [1.165, 1.54) is 29.8 Å². The molecule has 5 heteroatoms. The van der Waals surface area contributed by atoms with Crippen molar-refractivity contribution < 1.29 is 4.74 Å². The van der Waals surface area contributed by atoms with Gasteiger partial charge in [-0.15, -0.1) is 0 Å². The summed E-state index contributed by atoms with van der Waals surface area (Å²) in [6, 6.07) is 11.9. The van der Waals surface area contributed by atoms with E-state index in [2.05, 4.69) is 63.8 Å². The van der Waals surface area contributed by atoms with E-state index in [9.17, 15) is 0 Å². The zero-order valence-electron chi connectivity index (χ0n) is 16.0. The number of likely N-dealkylation sites (tertiary alicyclic amines) is 1. The molecule has 0 unspecified atom stereocenters. The van der Waals surface area contributed by atoms with Gasteiger partial charge < -0.3 is 9.64 Å². The fourth-order valence-corrected chi connectivity index (χ4v) is 4.23. The van der Waals surface area contributed by atoms with E-state index >= 15 is 0 Å². The molecule has 2 aliphatic heterocycles. The van der Waals surface area contributed by atoms with Gasteiger partial charge in [-0.05, 0) is 50.5 Å². The van der Waals surface area contributed by atoms with Gasteiger partial charge >= 0.3 is 0 Å². The molecule has 0 radical (unpaired) electrons. The molecule has 1 aromatic heterocycles. The molecule has 0 bridgehead atoms. The van der Waals surface area contributed by atoms with Crippen LogP contribution in [0, 0.1) is 13.8 Å². The molecular weight excluding hydrogens is 324 g/mol. The van der Waals surface area contributed by atoms with E-state index in [4.69, 9.17) is 4.74 Å². The molecule has 5 nitrogen and oxygen atoms in total. The van der Waals surface area contributed by atoms with Crippen LogP contribution in [0.25, 0.3) is 0 Å². The summed E-state index contributed by atoms with van der Waals surface area (Å²) in [5.74, 6) is 0. The summed E-state index contributed by atoms with van der Waals surface area (Å²) in [5.41, 5.74) is 5.15. The van der Waals surface area contributed by atoms with Crippen molar-refractivity contribution >= 4 is 5.69 Å². The number of ether oxygens (including phenoxy) is 1. The number of hydrogen-bond acceptors (Lipinski definition) is 4. The van der Waals surface area contributed by atoms with E-state index in [0.717, 1.165) is 51.6 Å². The lowest BCUT2D eigenvalue weighted by Gasteiger charge is -2.33. The third-order valence-corrected chi connectivity index (χ3v) is 5.67. The second-order valence-electron chi connectivity index (χ2n) is 7.64. The van der Waals surface area contributed by atoms with Gasteiger partial charge in [0.15, 0.2) is 0 Å². The Morgan fingerprint density at radius 1 is 1.00 bits per heavy atom. The summed E-state index contributed by atoms with van der Waals surface area (Å²) in [5, 5.41) is 4.68. The van der Waals surface area contributed by atoms with E-state index in [1.54, 1.807) is 0 Å². The summed E-state index contributed by atoms with van der Waals surface area (Å²) in [6.07, 6.45) is 2.38. The normalized spacial score (nSPS) is 19.8. The zero-order chi connectivity index (χ0) is 17.9. The van der Waals surface area contributed by atoms with Crippen LogP contribution < -0.4 is 4.90 Å². The molecule has 2 aromatic rings. The second kappa shape index (κ2) is 7.80. The number of morpholine rings is 1. The number of benzene rings is 1. The summed E-state index contributed by atoms with van der Waals surface area (Å²) in [7, 11) is 0. The SMILES string of the molecule is Cc1cc(C)n(C2CCN(Cc3ccc(N4CCOCC4)cc3)CC2)n1. The number of aromatic nitrogens is 2. The lowest BCUT2D eigenvalue weighted by Crippen LogP contribution is -2.36. The van der Waals surface area contributed by atoms with Crippen LogP contribution in [0.15, 0.2) is 30.3 Å². The summed E-state index contributed by atoms with van der Waals surface area (Å²) in [4.78, 5) is 4.99. The topological polar surface area (TPSA) is 33.5 Å². The molecule has 26 heavy (non-hydrogen) atoms. The maximum Gasteiger partial charge on any atom is 0.0642 e. The average molecular weight is 354 g/mol. The fraction of sp³-hybridized carbons (Fsp3) is 0.571. The molecule has 2 saturated heterocycles. The molecule has 4 rings (SSSR count). The molecule has 0 saturated carbocycles. The Morgan fingerprint density at radius 3 is 2.31 bits per heavy atom. The molecule has 2 fully saturated rings. The first-order valence-corrected chi connectivity index (χ1v) is 9.86. The Bertz CT molecular complexity index is 710. The minimum absolute atomic E-state index is 0.559. The number of piperidine rings is 1. The number of nitrogens with zero attached hydrogens (tertiary/aromatic N) is 4. The van der Waals surface area contributed by atoms with Crippen LogP contribution in [0.1, 0.15) is 35.8 Å². The second-order valence-corrected chi connectivity index (χ2v) is 7.64. The van der Waals surface area contributed by atoms with Gasteiger partial charge in [-0.25, -0.2) is 0 Å². The van der Waals surface area contributed by atoms with Crippen LogP contribution in [0.5, 0.6) is 0 Å². The van der Waals surface area contributed by atoms with Crippen LogP contribution in [0.4, 0.5) is 5.69 Å². The van der Waals surface area contributed by atoms with E-state index in [0.29, 0.717) is 6.04 Å². The maximum atomic E-state index is 5.44. The van der Waals surface area contributed by atoms with Crippen molar-refractivity contribution in [2.45, 2.75) is 39.3 Å². The van der Waals surface area contributed by atoms with Crippen LogP contribution in [0.2, 0.25) is 0 Å². The Morgan fingerprint density at radius 2 is 1.69 bits per heavy atom. The minimum Gasteiger partial charge on any atom is -0.378 e. The number of hydrogen-bond donors (Lipinski definition) is 0. The van der Waals surface area contributed by atoms with Crippen LogP contribution in [0.3, 0.4) is 0 Å². The largest absolute Gasteiger partial charge is 0.378 e. The minimum atomic E-state index is 0.559.